The molecule has 0 aromatic heterocycles. The SMILES string of the molecule is CCOCC1(CN)CCOC1. The molecule has 0 radical (unpaired) electrons. The molecule has 1 rings (SSSR count). The van der Waals surface area contributed by atoms with Gasteiger partial charge in [-0.15, -0.1) is 0 Å². The highest BCUT2D eigenvalue weighted by Crippen LogP contribution is 2.27. The van der Waals surface area contributed by atoms with Crippen LogP contribution in [0, 0.1) is 5.41 Å². The summed E-state index contributed by atoms with van der Waals surface area (Å²) in [5.41, 5.74) is 5.77. The van der Waals surface area contributed by atoms with Crippen molar-refractivity contribution >= 4 is 0 Å². The zero-order valence-electron chi connectivity index (χ0n) is 7.14. The van der Waals surface area contributed by atoms with Crippen molar-refractivity contribution in [3.05, 3.63) is 0 Å². The Morgan fingerprint density at radius 1 is 1.64 bits per heavy atom. The topological polar surface area (TPSA) is 44.5 Å². The first-order valence-corrected chi connectivity index (χ1v) is 4.18. The van der Waals surface area contributed by atoms with E-state index in [0.717, 1.165) is 32.8 Å². The summed E-state index contributed by atoms with van der Waals surface area (Å²) in [6.45, 7) is 5.79. The maximum atomic E-state index is 5.65. The van der Waals surface area contributed by atoms with Crippen molar-refractivity contribution in [1.29, 1.82) is 0 Å². The van der Waals surface area contributed by atoms with Gasteiger partial charge in [-0.3, -0.25) is 0 Å². The highest BCUT2D eigenvalue weighted by molar-refractivity contribution is 4.83. The summed E-state index contributed by atoms with van der Waals surface area (Å²) in [5, 5.41) is 0. The summed E-state index contributed by atoms with van der Waals surface area (Å²) in [6, 6.07) is 0. The lowest BCUT2D eigenvalue weighted by Gasteiger charge is -2.24. The molecule has 1 aliphatic rings. The van der Waals surface area contributed by atoms with Crippen molar-refractivity contribution in [2.45, 2.75) is 13.3 Å². The first kappa shape index (κ1) is 8.97. The van der Waals surface area contributed by atoms with Crippen molar-refractivity contribution in [3.63, 3.8) is 0 Å². The van der Waals surface area contributed by atoms with Gasteiger partial charge in [-0.2, -0.15) is 0 Å². The average Bonchev–Trinajstić information content (AvgIpc) is 2.50. The number of hydrogen-bond acceptors (Lipinski definition) is 3. The molecule has 0 bridgehead atoms. The molecular weight excluding hydrogens is 142 g/mol. The fourth-order valence-corrected chi connectivity index (χ4v) is 1.30. The second kappa shape index (κ2) is 4.04. The number of hydrogen-bond donors (Lipinski definition) is 1. The van der Waals surface area contributed by atoms with Crippen LogP contribution in [0.15, 0.2) is 0 Å². The molecule has 1 aliphatic heterocycles. The van der Waals surface area contributed by atoms with E-state index < -0.39 is 0 Å². The minimum Gasteiger partial charge on any atom is -0.381 e. The largest absolute Gasteiger partial charge is 0.381 e. The lowest BCUT2D eigenvalue weighted by atomic mass is 9.89. The van der Waals surface area contributed by atoms with Gasteiger partial charge in [0.15, 0.2) is 0 Å². The van der Waals surface area contributed by atoms with E-state index in [9.17, 15) is 0 Å². The Morgan fingerprint density at radius 2 is 2.45 bits per heavy atom. The van der Waals surface area contributed by atoms with Crippen molar-refractivity contribution in [2.24, 2.45) is 11.1 Å². The Balaban J connectivity index is 2.33. The van der Waals surface area contributed by atoms with Gasteiger partial charge < -0.3 is 15.2 Å². The van der Waals surface area contributed by atoms with Gasteiger partial charge in [0, 0.05) is 25.2 Å². The molecule has 0 saturated carbocycles. The Kier molecular flexibility index (Phi) is 3.30. The van der Waals surface area contributed by atoms with Crippen molar-refractivity contribution in [3.8, 4) is 0 Å². The molecule has 66 valence electrons. The molecule has 3 heteroatoms. The summed E-state index contributed by atoms with van der Waals surface area (Å²) in [6.07, 6.45) is 1.05. The van der Waals surface area contributed by atoms with Crippen LogP contribution >= 0.6 is 0 Å². The van der Waals surface area contributed by atoms with Gasteiger partial charge in [-0.25, -0.2) is 0 Å². The van der Waals surface area contributed by atoms with E-state index >= 15 is 0 Å². The molecule has 1 atom stereocenters. The monoisotopic (exact) mass is 159 g/mol. The zero-order chi connectivity index (χ0) is 8.16. The maximum Gasteiger partial charge on any atom is 0.0557 e. The van der Waals surface area contributed by atoms with E-state index in [1.54, 1.807) is 0 Å². The minimum atomic E-state index is 0.121. The fraction of sp³-hybridized carbons (Fsp3) is 1.00. The van der Waals surface area contributed by atoms with Crippen LogP contribution in [0.3, 0.4) is 0 Å². The van der Waals surface area contributed by atoms with Crippen LogP contribution in [0.1, 0.15) is 13.3 Å². The van der Waals surface area contributed by atoms with E-state index in [2.05, 4.69) is 0 Å². The quantitative estimate of drug-likeness (QED) is 0.645. The number of ether oxygens (including phenoxy) is 2. The molecule has 2 N–H and O–H groups in total. The Hall–Kier alpha value is -0.120. The smallest absolute Gasteiger partial charge is 0.0557 e. The zero-order valence-corrected chi connectivity index (χ0v) is 7.14. The van der Waals surface area contributed by atoms with Gasteiger partial charge in [0.1, 0.15) is 0 Å². The highest BCUT2D eigenvalue weighted by atomic mass is 16.5. The van der Waals surface area contributed by atoms with Gasteiger partial charge in [-0.1, -0.05) is 0 Å². The molecule has 0 aromatic carbocycles. The third-order valence-corrected chi connectivity index (χ3v) is 2.23. The van der Waals surface area contributed by atoms with Gasteiger partial charge in [-0.05, 0) is 13.3 Å². The van der Waals surface area contributed by atoms with Crippen LogP contribution < -0.4 is 5.73 Å². The van der Waals surface area contributed by atoms with Crippen LogP contribution in [0.4, 0.5) is 0 Å². The summed E-state index contributed by atoms with van der Waals surface area (Å²) in [5.74, 6) is 0. The standard InChI is InChI=1S/C8H17NO2/c1-2-10-6-8(5-9)3-4-11-7-8/h2-7,9H2,1H3. The van der Waals surface area contributed by atoms with Gasteiger partial charge >= 0.3 is 0 Å². The van der Waals surface area contributed by atoms with Crippen molar-refractivity contribution in [1.82, 2.24) is 0 Å². The molecule has 0 aromatic rings. The van der Waals surface area contributed by atoms with E-state index in [4.69, 9.17) is 15.2 Å². The van der Waals surface area contributed by atoms with E-state index in [-0.39, 0.29) is 5.41 Å². The summed E-state index contributed by atoms with van der Waals surface area (Å²) in [7, 11) is 0. The highest BCUT2D eigenvalue weighted by Gasteiger charge is 2.33. The third-order valence-electron chi connectivity index (χ3n) is 2.23. The summed E-state index contributed by atoms with van der Waals surface area (Å²) < 4.78 is 10.6. The van der Waals surface area contributed by atoms with Crippen LogP contribution in [-0.2, 0) is 9.47 Å². The van der Waals surface area contributed by atoms with E-state index in [0.29, 0.717) is 6.54 Å². The van der Waals surface area contributed by atoms with Crippen LogP contribution in [-0.4, -0.2) is 33.0 Å². The molecule has 3 nitrogen and oxygen atoms in total. The normalized spacial score (nSPS) is 31.1. The molecule has 11 heavy (non-hydrogen) atoms. The van der Waals surface area contributed by atoms with Gasteiger partial charge in [0.2, 0.25) is 0 Å². The van der Waals surface area contributed by atoms with Crippen LogP contribution in [0.2, 0.25) is 0 Å². The van der Waals surface area contributed by atoms with E-state index in [1.165, 1.54) is 0 Å². The lowest BCUT2D eigenvalue weighted by Crippen LogP contribution is -2.35. The first-order valence-electron chi connectivity index (χ1n) is 4.18. The fourth-order valence-electron chi connectivity index (χ4n) is 1.30. The van der Waals surface area contributed by atoms with E-state index in [1.807, 2.05) is 6.92 Å². The Bertz CT molecular complexity index is 111. The minimum absolute atomic E-state index is 0.121. The third kappa shape index (κ3) is 2.15. The van der Waals surface area contributed by atoms with Crippen molar-refractivity contribution < 1.29 is 9.47 Å². The second-order valence-electron chi connectivity index (χ2n) is 3.14. The number of nitrogens with two attached hydrogens (primary N) is 1. The van der Waals surface area contributed by atoms with Gasteiger partial charge in [0.05, 0.1) is 13.2 Å². The summed E-state index contributed by atoms with van der Waals surface area (Å²) >= 11 is 0. The molecule has 1 heterocycles. The van der Waals surface area contributed by atoms with Crippen LogP contribution in [0.25, 0.3) is 0 Å². The lowest BCUT2D eigenvalue weighted by molar-refractivity contribution is 0.0448. The molecule has 0 amide bonds. The molecule has 0 aliphatic carbocycles. The Labute approximate surface area is 67.9 Å². The average molecular weight is 159 g/mol. The molecule has 1 unspecified atom stereocenters. The predicted octanol–water partition coefficient (Wildman–Crippen LogP) is 0.388. The second-order valence-corrected chi connectivity index (χ2v) is 3.14. The van der Waals surface area contributed by atoms with Crippen molar-refractivity contribution in [2.75, 3.05) is 33.0 Å². The Morgan fingerprint density at radius 3 is 2.91 bits per heavy atom. The summed E-state index contributed by atoms with van der Waals surface area (Å²) in [4.78, 5) is 0. The molecule has 1 fully saturated rings. The predicted molar refractivity (Wildman–Crippen MR) is 43.4 cm³/mol. The molecule has 0 spiro atoms. The maximum absolute atomic E-state index is 5.65. The van der Waals surface area contributed by atoms with Gasteiger partial charge in [0.25, 0.3) is 0 Å². The molecular formula is C8H17NO2. The number of rotatable bonds is 4. The first-order chi connectivity index (χ1) is 5.33. The van der Waals surface area contributed by atoms with Crippen LogP contribution in [0.5, 0.6) is 0 Å². The molecule has 1 saturated heterocycles.